The van der Waals surface area contributed by atoms with E-state index >= 15 is 0 Å². The van der Waals surface area contributed by atoms with Crippen molar-refractivity contribution in [3.05, 3.63) is 0 Å². The molecule has 0 bridgehead atoms. The van der Waals surface area contributed by atoms with Crippen molar-refractivity contribution in [2.24, 2.45) is 5.41 Å². The fraction of sp³-hybridized carbons (Fsp3) is 0.875. The molecule has 0 rings (SSSR count). The Morgan fingerprint density at radius 1 is 0.750 bits per heavy atom. The van der Waals surface area contributed by atoms with E-state index in [0.29, 0.717) is 20.8 Å². The average molecular weight is 240 g/mol. The highest BCUT2D eigenvalue weighted by Gasteiger charge is 2.73. The van der Waals surface area contributed by atoms with Crippen molar-refractivity contribution in [2.75, 3.05) is 0 Å². The van der Waals surface area contributed by atoms with E-state index in [-0.39, 0.29) is 0 Å². The lowest BCUT2D eigenvalue weighted by atomic mass is 9.67. The van der Waals surface area contributed by atoms with Gasteiger partial charge in [-0.25, -0.2) is 0 Å². The van der Waals surface area contributed by atoms with Crippen LogP contribution in [0.3, 0.4) is 0 Å². The standard InChI is InChI=1S/C8H16O8/c1-5(11,12)8(4(9)10,6(2,13)14)7(3,15)16/h11-16H,1-3H3,(H,9,10). The van der Waals surface area contributed by atoms with Gasteiger partial charge in [0.25, 0.3) is 0 Å². The molecule has 0 unspecified atom stereocenters. The van der Waals surface area contributed by atoms with E-state index < -0.39 is 28.7 Å². The average Bonchev–Trinajstić information content (AvgIpc) is 1.71. The van der Waals surface area contributed by atoms with Crippen LogP contribution >= 0.6 is 0 Å². The number of hydrogen-bond acceptors (Lipinski definition) is 7. The molecule has 0 spiro atoms. The van der Waals surface area contributed by atoms with E-state index in [1.165, 1.54) is 0 Å². The molecular formula is C8H16O8. The highest BCUT2D eigenvalue weighted by atomic mass is 16.6. The number of aliphatic hydroxyl groups is 6. The first-order chi connectivity index (χ1) is 6.69. The summed E-state index contributed by atoms with van der Waals surface area (Å²) >= 11 is 0. The summed E-state index contributed by atoms with van der Waals surface area (Å²) in [5, 5.41) is 64.7. The van der Waals surface area contributed by atoms with Crippen molar-refractivity contribution >= 4 is 5.97 Å². The van der Waals surface area contributed by atoms with Crippen LogP contribution in [-0.4, -0.2) is 59.1 Å². The molecule has 0 aromatic rings. The third kappa shape index (κ3) is 1.90. The van der Waals surface area contributed by atoms with Crippen molar-refractivity contribution in [1.82, 2.24) is 0 Å². The molecule has 96 valence electrons. The maximum Gasteiger partial charge on any atom is 0.326 e. The van der Waals surface area contributed by atoms with Crippen LogP contribution in [0.1, 0.15) is 20.8 Å². The lowest BCUT2D eigenvalue weighted by molar-refractivity contribution is -0.407. The minimum atomic E-state index is -3.44. The molecular weight excluding hydrogens is 224 g/mol. The minimum Gasteiger partial charge on any atom is -0.480 e. The fourth-order valence-corrected chi connectivity index (χ4v) is 1.95. The molecule has 0 aliphatic carbocycles. The third-order valence-corrected chi connectivity index (χ3v) is 2.45. The van der Waals surface area contributed by atoms with Crippen LogP contribution in [0.15, 0.2) is 0 Å². The number of aliphatic carboxylic acids is 1. The largest absolute Gasteiger partial charge is 0.480 e. The van der Waals surface area contributed by atoms with E-state index in [2.05, 4.69) is 0 Å². The number of hydrogen-bond donors (Lipinski definition) is 7. The Labute approximate surface area is 91.0 Å². The number of carboxylic acid groups (broad SMARTS) is 1. The maximum absolute atomic E-state index is 11.0. The first-order valence-electron chi connectivity index (χ1n) is 4.27. The van der Waals surface area contributed by atoms with Gasteiger partial charge in [-0.1, -0.05) is 0 Å². The van der Waals surface area contributed by atoms with Crippen molar-refractivity contribution in [1.29, 1.82) is 0 Å². The second kappa shape index (κ2) is 3.62. The fourth-order valence-electron chi connectivity index (χ4n) is 1.95. The predicted molar refractivity (Wildman–Crippen MR) is 48.6 cm³/mol. The highest BCUT2D eigenvalue weighted by Crippen LogP contribution is 2.46. The highest BCUT2D eigenvalue weighted by molar-refractivity contribution is 5.78. The molecule has 0 saturated carbocycles. The normalized spacial score (nSPS) is 15.1. The molecule has 0 aromatic carbocycles. The minimum absolute atomic E-state index is 0.497. The van der Waals surface area contributed by atoms with Crippen LogP contribution in [-0.2, 0) is 4.79 Å². The summed E-state index contributed by atoms with van der Waals surface area (Å²) in [5.41, 5.74) is -3.44. The topological polar surface area (TPSA) is 159 Å². The van der Waals surface area contributed by atoms with Crippen molar-refractivity contribution < 1.29 is 40.5 Å². The summed E-state index contributed by atoms with van der Waals surface area (Å²) in [6, 6.07) is 0. The second-order valence-electron chi connectivity index (χ2n) is 4.12. The number of carbonyl (C=O) groups is 1. The smallest absolute Gasteiger partial charge is 0.326 e. The molecule has 0 amide bonds. The third-order valence-electron chi connectivity index (χ3n) is 2.45. The lowest BCUT2D eigenvalue weighted by Crippen LogP contribution is -2.73. The Balaban J connectivity index is 6.17. The SMILES string of the molecule is CC(O)(O)C(C(=O)O)(C(C)(O)O)C(C)(O)O. The second-order valence-corrected chi connectivity index (χ2v) is 4.12. The molecule has 16 heavy (non-hydrogen) atoms. The maximum atomic E-state index is 11.0. The van der Waals surface area contributed by atoms with E-state index in [0.717, 1.165) is 0 Å². The van der Waals surface area contributed by atoms with E-state index in [4.69, 9.17) is 5.11 Å². The summed E-state index contributed by atoms with van der Waals surface area (Å²) in [5.74, 6) is -12.1. The van der Waals surface area contributed by atoms with Gasteiger partial charge in [-0.2, -0.15) is 0 Å². The van der Waals surface area contributed by atoms with Crippen LogP contribution in [0.25, 0.3) is 0 Å². The van der Waals surface area contributed by atoms with Gasteiger partial charge in [0.15, 0.2) is 17.4 Å². The summed E-state index contributed by atoms with van der Waals surface area (Å²) in [7, 11) is 0. The molecule has 8 heteroatoms. The Hall–Kier alpha value is -0.770. The van der Waals surface area contributed by atoms with Crippen LogP contribution < -0.4 is 0 Å². The molecule has 8 nitrogen and oxygen atoms in total. The molecule has 0 radical (unpaired) electrons. The summed E-state index contributed by atoms with van der Waals surface area (Å²) in [6.07, 6.45) is 0. The van der Waals surface area contributed by atoms with Gasteiger partial charge in [0.05, 0.1) is 0 Å². The zero-order valence-corrected chi connectivity index (χ0v) is 9.04. The van der Waals surface area contributed by atoms with Gasteiger partial charge in [0.2, 0.25) is 5.41 Å². The van der Waals surface area contributed by atoms with Crippen molar-refractivity contribution in [3.8, 4) is 0 Å². The molecule has 0 atom stereocenters. The van der Waals surface area contributed by atoms with E-state index in [1.54, 1.807) is 0 Å². The van der Waals surface area contributed by atoms with Crippen molar-refractivity contribution in [2.45, 2.75) is 38.1 Å². The van der Waals surface area contributed by atoms with Gasteiger partial charge in [-0.15, -0.1) is 0 Å². The molecule has 7 N–H and O–H groups in total. The van der Waals surface area contributed by atoms with Crippen LogP contribution in [0.2, 0.25) is 0 Å². The molecule has 0 saturated heterocycles. The van der Waals surface area contributed by atoms with Gasteiger partial charge in [0, 0.05) is 0 Å². The molecule has 0 aliphatic heterocycles. The summed E-state index contributed by atoms with van der Waals surface area (Å²) < 4.78 is 0. The summed E-state index contributed by atoms with van der Waals surface area (Å²) in [4.78, 5) is 11.0. The van der Waals surface area contributed by atoms with Crippen LogP contribution in [0.5, 0.6) is 0 Å². The zero-order valence-electron chi connectivity index (χ0n) is 9.04. The van der Waals surface area contributed by atoms with Gasteiger partial charge in [-0.3, -0.25) is 4.79 Å². The first kappa shape index (κ1) is 15.2. The number of carboxylic acids is 1. The Morgan fingerprint density at radius 3 is 0.938 bits per heavy atom. The van der Waals surface area contributed by atoms with Gasteiger partial charge >= 0.3 is 5.97 Å². The van der Waals surface area contributed by atoms with Gasteiger partial charge < -0.3 is 35.7 Å². The molecule has 0 aliphatic rings. The monoisotopic (exact) mass is 240 g/mol. The summed E-state index contributed by atoms with van der Waals surface area (Å²) in [6.45, 7) is 1.49. The Kier molecular flexibility index (Phi) is 3.45. The first-order valence-corrected chi connectivity index (χ1v) is 4.27. The molecule has 0 fully saturated rings. The van der Waals surface area contributed by atoms with Crippen LogP contribution in [0.4, 0.5) is 0 Å². The van der Waals surface area contributed by atoms with Gasteiger partial charge in [0.1, 0.15) is 0 Å². The van der Waals surface area contributed by atoms with Gasteiger partial charge in [-0.05, 0) is 20.8 Å². The molecule has 0 heterocycles. The molecule has 0 aromatic heterocycles. The Bertz CT molecular complexity index is 240. The quantitative estimate of drug-likeness (QED) is 0.259. The predicted octanol–water partition coefficient (Wildman–Crippen LogP) is -2.84. The zero-order chi connectivity index (χ0) is 13.6. The lowest BCUT2D eigenvalue weighted by Gasteiger charge is -2.49. The number of rotatable bonds is 4. The van der Waals surface area contributed by atoms with Crippen LogP contribution in [0, 0.1) is 5.41 Å². The van der Waals surface area contributed by atoms with E-state index in [9.17, 15) is 35.4 Å². The van der Waals surface area contributed by atoms with Crippen molar-refractivity contribution in [3.63, 3.8) is 0 Å². The Morgan fingerprint density at radius 2 is 0.938 bits per heavy atom. The van der Waals surface area contributed by atoms with E-state index in [1.807, 2.05) is 0 Å².